The quantitative estimate of drug-likeness (QED) is 0.224. The van der Waals surface area contributed by atoms with Crippen LogP contribution in [0.2, 0.25) is 0 Å². The predicted octanol–water partition coefficient (Wildman–Crippen LogP) is 5.48. The van der Waals surface area contributed by atoms with Gasteiger partial charge in [0, 0.05) is 23.8 Å². The number of nitrogens with one attached hydrogen (secondary N) is 1. The summed E-state index contributed by atoms with van der Waals surface area (Å²) in [5.74, 6) is -0.930. The van der Waals surface area contributed by atoms with E-state index in [2.05, 4.69) is 10.5 Å². The molecule has 3 rings (SSSR count). The molecular formula is C23H17F3N4O7. The molecule has 0 saturated carbocycles. The van der Waals surface area contributed by atoms with Gasteiger partial charge in [-0.3, -0.25) is 25.0 Å². The molecule has 0 atom stereocenters. The number of nitro benzene ring substituents is 2. The fourth-order valence-electron chi connectivity index (χ4n) is 2.96. The van der Waals surface area contributed by atoms with Crippen molar-refractivity contribution in [2.75, 3.05) is 6.61 Å². The lowest BCUT2D eigenvalue weighted by molar-refractivity contribution is -0.385. The van der Waals surface area contributed by atoms with Crippen molar-refractivity contribution >= 4 is 23.5 Å². The first-order chi connectivity index (χ1) is 17.5. The van der Waals surface area contributed by atoms with E-state index in [0.717, 1.165) is 6.07 Å². The zero-order chi connectivity index (χ0) is 27.2. The van der Waals surface area contributed by atoms with Gasteiger partial charge in [-0.2, -0.15) is 18.3 Å². The van der Waals surface area contributed by atoms with Crippen LogP contribution in [0.4, 0.5) is 24.5 Å². The van der Waals surface area contributed by atoms with Gasteiger partial charge in [0.1, 0.15) is 0 Å². The van der Waals surface area contributed by atoms with Crippen molar-refractivity contribution < 1.29 is 37.3 Å². The SMILES string of the molecule is CCOc1cc(/C=N/NC(=O)c2ccc([N+](=O)[O-])cc2)ccc1Oc1ccc(C(F)(F)F)cc1[N+](=O)[O-]. The summed E-state index contributed by atoms with van der Waals surface area (Å²) in [6, 6.07) is 11.0. The Hall–Kier alpha value is -5.01. The summed E-state index contributed by atoms with van der Waals surface area (Å²) in [7, 11) is 0. The Morgan fingerprint density at radius 3 is 2.24 bits per heavy atom. The number of nitro groups is 2. The van der Waals surface area contributed by atoms with Crippen LogP contribution >= 0.6 is 0 Å². The van der Waals surface area contributed by atoms with Crippen LogP contribution < -0.4 is 14.9 Å². The molecule has 0 radical (unpaired) electrons. The Morgan fingerprint density at radius 2 is 1.65 bits per heavy atom. The van der Waals surface area contributed by atoms with E-state index >= 15 is 0 Å². The standard InChI is InChI=1S/C23H17F3N4O7/c1-2-36-21-11-14(13-27-28-22(31)15-4-7-17(8-5-15)29(32)33)3-9-20(21)37-19-10-6-16(23(24,25)26)12-18(19)30(34)35/h3-13H,2H2,1H3,(H,28,31)/b27-13+. The molecule has 0 aliphatic heterocycles. The Balaban J connectivity index is 1.78. The number of hydrogen-bond acceptors (Lipinski definition) is 8. The molecule has 0 aliphatic rings. The van der Waals surface area contributed by atoms with Crippen molar-refractivity contribution in [1.29, 1.82) is 0 Å². The van der Waals surface area contributed by atoms with E-state index < -0.39 is 38.9 Å². The second kappa shape index (κ2) is 11.2. The first-order valence-electron chi connectivity index (χ1n) is 10.4. The first kappa shape index (κ1) is 26.6. The van der Waals surface area contributed by atoms with E-state index in [9.17, 15) is 38.2 Å². The van der Waals surface area contributed by atoms with Crippen LogP contribution in [0.5, 0.6) is 17.2 Å². The fourth-order valence-corrected chi connectivity index (χ4v) is 2.96. The van der Waals surface area contributed by atoms with E-state index in [0.29, 0.717) is 17.7 Å². The highest BCUT2D eigenvalue weighted by Crippen LogP contribution is 2.40. The maximum Gasteiger partial charge on any atom is 0.416 e. The molecule has 0 fully saturated rings. The fraction of sp³-hybridized carbons (Fsp3) is 0.130. The van der Waals surface area contributed by atoms with Gasteiger partial charge in [-0.05, 0) is 55.0 Å². The Kier molecular flexibility index (Phi) is 8.02. The highest BCUT2D eigenvalue weighted by Gasteiger charge is 2.33. The highest BCUT2D eigenvalue weighted by atomic mass is 19.4. The Labute approximate surface area is 206 Å². The minimum absolute atomic E-state index is 0.00299. The summed E-state index contributed by atoms with van der Waals surface area (Å²) in [6.07, 6.45) is -3.51. The average molecular weight is 518 g/mol. The number of alkyl halides is 3. The monoisotopic (exact) mass is 518 g/mol. The van der Waals surface area contributed by atoms with E-state index in [-0.39, 0.29) is 29.4 Å². The van der Waals surface area contributed by atoms with E-state index in [4.69, 9.17) is 9.47 Å². The molecule has 3 aromatic carbocycles. The van der Waals surface area contributed by atoms with Crippen LogP contribution in [-0.2, 0) is 6.18 Å². The average Bonchev–Trinajstić information content (AvgIpc) is 2.85. The molecule has 0 unspecified atom stereocenters. The summed E-state index contributed by atoms with van der Waals surface area (Å²) < 4.78 is 49.8. The molecule has 1 amide bonds. The number of benzene rings is 3. The third-order valence-electron chi connectivity index (χ3n) is 4.69. The number of hydrogen-bond donors (Lipinski definition) is 1. The van der Waals surface area contributed by atoms with Crippen molar-refractivity contribution in [2.24, 2.45) is 5.10 Å². The van der Waals surface area contributed by atoms with Gasteiger partial charge in [-0.15, -0.1) is 0 Å². The van der Waals surface area contributed by atoms with Gasteiger partial charge < -0.3 is 9.47 Å². The molecule has 0 saturated heterocycles. The van der Waals surface area contributed by atoms with Crippen molar-refractivity contribution in [3.8, 4) is 17.2 Å². The third-order valence-corrected chi connectivity index (χ3v) is 4.69. The number of halogens is 3. The van der Waals surface area contributed by atoms with Crippen molar-refractivity contribution in [3.05, 3.63) is 97.6 Å². The van der Waals surface area contributed by atoms with E-state index in [1.165, 1.54) is 48.7 Å². The molecule has 1 N–H and O–H groups in total. The topological polar surface area (TPSA) is 146 Å². The van der Waals surface area contributed by atoms with Crippen LogP contribution in [0.25, 0.3) is 0 Å². The molecule has 0 heterocycles. The zero-order valence-corrected chi connectivity index (χ0v) is 18.9. The molecule has 11 nitrogen and oxygen atoms in total. The number of nitrogens with zero attached hydrogens (tertiary/aromatic N) is 3. The van der Waals surface area contributed by atoms with Gasteiger partial charge >= 0.3 is 11.9 Å². The number of amides is 1. The number of carbonyl (C=O) groups is 1. The van der Waals surface area contributed by atoms with Gasteiger partial charge in [0.05, 0.1) is 28.2 Å². The molecule has 14 heteroatoms. The summed E-state index contributed by atoms with van der Waals surface area (Å²) in [4.78, 5) is 32.6. The molecular weight excluding hydrogens is 501 g/mol. The molecule has 0 aliphatic carbocycles. The third kappa shape index (κ3) is 6.78. The van der Waals surface area contributed by atoms with E-state index in [1.54, 1.807) is 6.92 Å². The zero-order valence-electron chi connectivity index (χ0n) is 18.9. The normalized spacial score (nSPS) is 11.2. The molecule has 3 aromatic rings. The van der Waals surface area contributed by atoms with Gasteiger partial charge in [0.25, 0.3) is 11.6 Å². The lowest BCUT2D eigenvalue weighted by atomic mass is 10.1. The summed E-state index contributed by atoms with van der Waals surface area (Å²) in [6.45, 7) is 1.83. The molecule has 0 bridgehead atoms. The minimum Gasteiger partial charge on any atom is -0.490 e. The lowest BCUT2D eigenvalue weighted by Gasteiger charge is -2.13. The van der Waals surface area contributed by atoms with Crippen LogP contribution in [0.1, 0.15) is 28.4 Å². The molecule has 192 valence electrons. The highest BCUT2D eigenvalue weighted by molar-refractivity contribution is 5.95. The lowest BCUT2D eigenvalue weighted by Crippen LogP contribution is -2.17. The first-order valence-corrected chi connectivity index (χ1v) is 10.4. The minimum atomic E-state index is -4.77. The van der Waals surface area contributed by atoms with Crippen LogP contribution in [-0.4, -0.2) is 28.6 Å². The largest absolute Gasteiger partial charge is 0.490 e. The van der Waals surface area contributed by atoms with Gasteiger partial charge in [-0.25, -0.2) is 5.43 Å². The van der Waals surface area contributed by atoms with Crippen LogP contribution in [0.15, 0.2) is 65.8 Å². The molecule has 0 aromatic heterocycles. The van der Waals surface area contributed by atoms with Crippen molar-refractivity contribution in [3.63, 3.8) is 0 Å². The van der Waals surface area contributed by atoms with Crippen LogP contribution in [0, 0.1) is 20.2 Å². The van der Waals surface area contributed by atoms with Gasteiger partial charge in [0.2, 0.25) is 5.75 Å². The van der Waals surface area contributed by atoms with Gasteiger partial charge in [0.15, 0.2) is 11.5 Å². The predicted molar refractivity (Wildman–Crippen MR) is 124 cm³/mol. The molecule has 0 spiro atoms. The second-order valence-electron chi connectivity index (χ2n) is 7.18. The van der Waals surface area contributed by atoms with E-state index in [1.807, 2.05) is 0 Å². The summed E-state index contributed by atoms with van der Waals surface area (Å²) in [5, 5.41) is 25.8. The Morgan fingerprint density at radius 1 is 0.973 bits per heavy atom. The number of non-ortho nitro benzene ring substituents is 1. The number of carbonyl (C=O) groups excluding carboxylic acids is 1. The van der Waals surface area contributed by atoms with Crippen LogP contribution in [0.3, 0.4) is 0 Å². The Bertz CT molecular complexity index is 1360. The second-order valence-corrected chi connectivity index (χ2v) is 7.18. The van der Waals surface area contributed by atoms with Gasteiger partial charge in [-0.1, -0.05) is 0 Å². The summed E-state index contributed by atoms with van der Waals surface area (Å²) >= 11 is 0. The maximum absolute atomic E-state index is 12.9. The molecule has 37 heavy (non-hydrogen) atoms. The summed E-state index contributed by atoms with van der Waals surface area (Å²) in [5.41, 5.74) is 0.571. The number of hydrazone groups is 1. The maximum atomic E-state index is 12.9. The number of rotatable bonds is 9. The smallest absolute Gasteiger partial charge is 0.416 e. The van der Waals surface area contributed by atoms with Crippen molar-refractivity contribution in [2.45, 2.75) is 13.1 Å². The van der Waals surface area contributed by atoms with Crippen molar-refractivity contribution in [1.82, 2.24) is 5.43 Å². The number of ether oxygens (including phenoxy) is 2.